The molecule has 1 N–H and O–H groups in total. The van der Waals surface area contributed by atoms with Gasteiger partial charge in [-0.25, -0.2) is 0 Å². The molecule has 5 fully saturated rings. The Balaban J connectivity index is 1.16. The summed E-state index contributed by atoms with van der Waals surface area (Å²) in [5.74, 6) is 4.75. The number of hydrogen-bond acceptors (Lipinski definition) is 3. The molecule has 0 radical (unpaired) electrons. The van der Waals surface area contributed by atoms with Gasteiger partial charge in [-0.15, -0.1) is 0 Å². The molecule has 4 bridgehead atoms. The first-order valence-corrected chi connectivity index (χ1v) is 13.3. The number of ether oxygens (including phenoxy) is 1. The maximum absolute atomic E-state index is 5.53. The van der Waals surface area contributed by atoms with Gasteiger partial charge in [-0.1, -0.05) is 25.0 Å². The highest BCUT2D eigenvalue weighted by Crippen LogP contribution is 2.56. The molecule has 1 atom stereocenters. The fourth-order valence-electron chi connectivity index (χ4n) is 8.03. The highest BCUT2D eigenvalue weighted by atomic mass is 16.5. The average molecular weight is 441 g/mol. The molecule has 5 saturated carbocycles. The SMILES string of the molecule is COc1ccc2c(c1)C[C@@H](CC1CC1)N=C2c1ccc(NC23CC4CC(CC(C4)C2)C3)cc1. The van der Waals surface area contributed by atoms with Gasteiger partial charge in [0.1, 0.15) is 5.75 Å². The van der Waals surface area contributed by atoms with Gasteiger partial charge in [0.2, 0.25) is 0 Å². The Morgan fingerprint density at radius 2 is 1.64 bits per heavy atom. The van der Waals surface area contributed by atoms with Crippen LogP contribution in [0.15, 0.2) is 47.5 Å². The van der Waals surface area contributed by atoms with Crippen LogP contribution in [0.2, 0.25) is 0 Å². The molecule has 0 saturated heterocycles. The molecule has 1 aliphatic heterocycles. The largest absolute Gasteiger partial charge is 0.497 e. The number of rotatable bonds is 6. The van der Waals surface area contributed by atoms with E-state index in [1.165, 1.54) is 85.9 Å². The van der Waals surface area contributed by atoms with Crippen molar-refractivity contribution in [2.45, 2.75) is 75.8 Å². The van der Waals surface area contributed by atoms with E-state index >= 15 is 0 Å². The standard InChI is InChI=1S/C30H36N2O/c1-33-27-8-9-28-24(15-27)14-26(13-19-2-3-19)31-29(28)23-4-6-25(7-5-23)32-30-16-20-10-21(17-30)12-22(11-20)18-30/h4-9,15,19-22,26,32H,2-3,10-14,16-18H2,1H3/t20?,21?,22?,26-,30?/m1/s1. The Morgan fingerprint density at radius 3 is 2.27 bits per heavy atom. The molecule has 0 spiro atoms. The summed E-state index contributed by atoms with van der Waals surface area (Å²) in [4.78, 5) is 5.29. The number of nitrogens with one attached hydrogen (secondary N) is 1. The molecule has 3 heteroatoms. The van der Waals surface area contributed by atoms with E-state index < -0.39 is 0 Å². The number of nitrogens with zero attached hydrogens (tertiary/aromatic N) is 1. The molecule has 8 rings (SSSR count). The lowest BCUT2D eigenvalue weighted by Crippen LogP contribution is -2.54. The van der Waals surface area contributed by atoms with E-state index in [1.54, 1.807) is 7.11 Å². The first-order valence-electron chi connectivity index (χ1n) is 13.3. The molecular formula is C30H36N2O. The number of aliphatic imine (C=N–C) groups is 1. The van der Waals surface area contributed by atoms with Crippen molar-refractivity contribution in [3.05, 3.63) is 59.2 Å². The van der Waals surface area contributed by atoms with E-state index in [0.717, 1.165) is 35.8 Å². The summed E-state index contributed by atoms with van der Waals surface area (Å²) in [7, 11) is 1.76. The van der Waals surface area contributed by atoms with Crippen LogP contribution >= 0.6 is 0 Å². The summed E-state index contributed by atoms with van der Waals surface area (Å²) in [6.45, 7) is 0. The second-order valence-corrected chi connectivity index (χ2v) is 11.9. The number of methoxy groups -OCH3 is 1. The molecule has 6 aliphatic rings. The molecule has 0 amide bonds. The van der Waals surface area contributed by atoms with Crippen molar-refractivity contribution >= 4 is 11.4 Å². The summed E-state index contributed by atoms with van der Waals surface area (Å²) < 4.78 is 5.53. The highest BCUT2D eigenvalue weighted by Gasteiger charge is 2.50. The van der Waals surface area contributed by atoms with Crippen molar-refractivity contribution in [1.29, 1.82) is 0 Å². The molecule has 1 heterocycles. The van der Waals surface area contributed by atoms with Gasteiger partial charge in [0.05, 0.1) is 18.9 Å². The van der Waals surface area contributed by atoms with Gasteiger partial charge in [0.15, 0.2) is 0 Å². The van der Waals surface area contributed by atoms with Gasteiger partial charge < -0.3 is 10.1 Å². The predicted molar refractivity (Wildman–Crippen MR) is 134 cm³/mol. The third kappa shape index (κ3) is 3.78. The van der Waals surface area contributed by atoms with Crippen molar-refractivity contribution < 1.29 is 4.74 Å². The van der Waals surface area contributed by atoms with Crippen molar-refractivity contribution in [3.63, 3.8) is 0 Å². The molecule has 5 aliphatic carbocycles. The molecule has 0 aromatic heterocycles. The average Bonchev–Trinajstić information content (AvgIpc) is 3.61. The zero-order chi connectivity index (χ0) is 22.0. The normalized spacial score (nSPS) is 34.0. The van der Waals surface area contributed by atoms with Gasteiger partial charge in [0.25, 0.3) is 0 Å². The first-order chi connectivity index (χ1) is 16.1. The van der Waals surface area contributed by atoms with Gasteiger partial charge in [-0.05, 0) is 111 Å². The Labute approximate surface area is 198 Å². The van der Waals surface area contributed by atoms with Crippen molar-refractivity contribution in [3.8, 4) is 5.75 Å². The quantitative estimate of drug-likeness (QED) is 0.546. The third-order valence-electron chi connectivity index (χ3n) is 9.24. The number of benzene rings is 2. The van der Waals surface area contributed by atoms with Crippen molar-refractivity contribution in [2.24, 2.45) is 28.7 Å². The second kappa shape index (κ2) is 7.61. The predicted octanol–water partition coefficient (Wildman–Crippen LogP) is 6.64. The van der Waals surface area contributed by atoms with Crippen molar-refractivity contribution in [1.82, 2.24) is 0 Å². The van der Waals surface area contributed by atoms with Crippen LogP contribution in [0.3, 0.4) is 0 Å². The third-order valence-corrected chi connectivity index (χ3v) is 9.24. The number of hydrogen-bond donors (Lipinski definition) is 1. The molecular weight excluding hydrogens is 404 g/mol. The molecule has 33 heavy (non-hydrogen) atoms. The number of anilines is 1. The molecule has 0 unspecified atom stereocenters. The van der Waals surface area contributed by atoms with Crippen molar-refractivity contribution in [2.75, 3.05) is 12.4 Å². The summed E-state index contributed by atoms with van der Waals surface area (Å²) in [5, 5.41) is 4.04. The van der Waals surface area contributed by atoms with Crippen LogP contribution in [0, 0.1) is 23.7 Å². The smallest absolute Gasteiger partial charge is 0.119 e. The molecule has 3 nitrogen and oxygen atoms in total. The van der Waals surface area contributed by atoms with E-state index in [-0.39, 0.29) is 0 Å². The Morgan fingerprint density at radius 1 is 0.939 bits per heavy atom. The van der Waals surface area contributed by atoms with Gasteiger partial charge in [-0.3, -0.25) is 4.99 Å². The molecule has 2 aromatic carbocycles. The van der Waals surface area contributed by atoms with Crippen LogP contribution in [-0.2, 0) is 6.42 Å². The summed E-state index contributed by atoms with van der Waals surface area (Å²) in [6.07, 6.45) is 13.7. The van der Waals surface area contributed by atoms with E-state index in [9.17, 15) is 0 Å². The second-order valence-electron chi connectivity index (χ2n) is 11.9. The van der Waals surface area contributed by atoms with E-state index in [0.29, 0.717) is 11.6 Å². The fraction of sp³-hybridized carbons (Fsp3) is 0.567. The minimum atomic E-state index is 0.358. The highest BCUT2D eigenvalue weighted by molar-refractivity contribution is 6.14. The van der Waals surface area contributed by atoms with Crippen LogP contribution in [0.5, 0.6) is 5.75 Å². The van der Waals surface area contributed by atoms with Crippen LogP contribution in [-0.4, -0.2) is 24.4 Å². The monoisotopic (exact) mass is 440 g/mol. The molecule has 2 aromatic rings. The van der Waals surface area contributed by atoms with Crippen LogP contribution < -0.4 is 10.1 Å². The lowest BCUT2D eigenvalue weighted by molar-refractivity contribution is 0.0107. The fourth-order valence-corrected chi connectivity index (χ4v) is 8.03. The minimum absolute atomic E-state index is 0.358. The van der Waals surface area contributed by atoms with Crippen LogP contribution in [0.25, 0.3) is 0 Å². The van der Waals surface area contributed by atoms with Gasteiger partial charge >= 0.3 is 0 Å². The van der Waals surface area contributed by atoms with Gasteiger partial charge in [-0.2, -0.15) is 0 Å². The maximum Gasteiger partial charge on any atom is 0.119 e. The summed E-state index contributed by atoms with van der Waals surface area (Å²) >= 11 is 0. The lowest BCUT2D eigenvalue weighted by atomic mass is 9.53. The zero-order valence-corrected chi connectivity index (χ0v) is 19.9. The lowest BCUT2D eigenvalue weighted by Gasteiger charge is -2.57. The maximum atomic E-state index is 5.53. The molecule has 172 valence electrons. The topological polar surface area (TPSA) is 33.6 Å². The van der Waals surface area contributed by atoms with Crippen LogP contribution in [0.4, 0.5) is 5.69 Å². The summed E-state index contributed by atoms with van der Waals surface area (Å²) in [5.41, 5.74) is 6.74. The van der Waals surface area contributed by atoms with E-state index in [4.69, 9.17) is 9.73 Å². The Hall–Kier alpha value is -2.29. The van der Waals surface area contributed by atoms with Gasteiger partial charge in [0, 0.05) is 22.4 Å². The first kappa shape index (κ1) is 20.1. The van der Waals surface area contributed by atoms with E-state index in [2.05, 4.69) is 47.8 Å². The summed E-state index contributed by atoms with van der Waals surface area (Å²) in [6, 6.07) is 16.1. The minimum Gasteiger partial charge on any atom is -0.497 e. The van der Waals surface area contributed by atoms with Crippen LogP contribution in [0.1, 0.15) is 74.5 Å². The zero-order valence-electron chi connectivity index (χ0n) is 19.9. The van der Waals surface area contributed by atoms with E-state index in [1.807, 2.05) is 0 Å². The Kier molecular flexibility index (Phi) is 4.64. The number of fused-ring (bicyclic) bond motifs is 1. The Bertz CT molecular complexity index is 1050.